The van der Waals surface area contributed by atoms with E-state index in [4.69, 9.17) is 4.74 Å². The Morgan fingerprint density at radius 2 is 1.00 bits per heavy atom. The van der Waals surface area contributed by atoms with Gasteiger partial charge >= 0.3 is 0 Å². The van der Waals surface area contributed by atoms with Crippen molar-refractivity contribution in [3.8, 4) is 56.0 Å². The first-order valence-electron chi connectivity index (χ1n) is 18.7. The Bertz CT molecular complexity index is 3050. The highest BCUT2D eigenvalue weighted by Gasteiger charge is 2.27. The van der Waals surface area contributed by atoms with Gasteiger partial charge in [-0.15, -0.1) is 11.3 Å². The van der Waals surface area contributed by atoms with Crippen LogP contribution in [0, 0.1) is 0 Å². The lowest BCUT2D eigenvalue weighted by Crippen LogP contribution is -2.11. The molecule has 2 nitrogen and oxygen atoms in total. The quantitative estimate of drug-likeness (QED) is 0.176. The minimum absolute atomic E-state index is 0.832. The fourth-order valence-electron chi connectivity index (χ4n) is 8.30. The summed E-state index contributed by atoms with van der Waals surface area (Å²) in [6.45, 7) is 0. The average Bonchev–Trinajstić information content (AvgIpc) is 3.57. The molecule has 0 fully saturated rings. The van der Waals surface area contributed by atoms with Gasteiger partial charge in [0, 0.05) is 48.1 Å². The van der Waals surface area contributed by atoms with Gasteiger partial charge in [-0.1, -0.05) is 152 Å². The maximum atomic E-state index is 7.05. The Kier molecular flexibility index (Phi) is 7.39. The second-order valence-corrected chi connectivity index (χ2v) is 15.1. The van der Waals surface area contributed by atoms with Crippen LogP contribution in [0.15, 0.2) is 200 Å². The number of fused-ring (bicyclic) bond motifs is 10. The fourth-order valence-corrected chi connectivity index (χ4v) is 9.54. The molecule has 2 heterocycles. The molecule has 0 bridgehead atoms. The number of hydrogen-bond donors (Lipinski definition) is 0. The number of nitrogens with zero attached hydrogens (tertiary/aromatic N) is 1. The van der Waals surface area contributed by atoms with Crippen LogP contribution in [-0.2, 0) is 0 Å². The molecular weight excluding hydrogens is 687 g/mol. The number of benzene rings is 9. The van der Waals surface area contributed by atoms with Gasteiger partial charge in [-0.25, -0.2) is 0 Å². The Morgan fingerprint density at radius 3 is 1.82 bits per heavy atom. The summed E-state index contributed by atoms with van der Waals surface area (Å²) >= 11 is 1.87. The average molecular weight is 720 g/mol. The van der Waals surface area contributed by atoms with E-state index in [2.05, 4.69) is 205 Å². The first kappa shape index (κ1) is 31.6. The van der Waals surface area contributed by atoms with Crippen molar-refractivity contribution in [1.29, 1.82) is 0 Å². The van der Waals surface area contributed by atoms with Crippen LogP contribution in [0.4, 0.5) is 17.1 Å². The SMILES string of the molecule is c1ccc(-c2ccc(N(c3ccc(-c4cccc5c4sc4ccccc45)cc3)c3cccc4c3-c3ccccc3-c3ccc5ccccc5c3O4)cc2)cc1. The molecule has 3 heteroatoms. The topological polar surface area (TPSA) is 12.5 Å². The lowest BCUT2D eigenvalue weighted by atomic mass is 9.92. The molecule has 0 saturated carbocycles. The van der Waals surface area contributed by atoms with Crippen LogP contribution in [0.25, 0.3) is 75.5 Å². The molecule has 0 spiro atoms. The molecule has 0 amide bonds. The zero-order valence-electron chi connectivity index (χ0n) is 29.8. The molecule has 0 unspecified atom stereocenters. The van der Waals surface area contributed by atoms with Gasteiger partial charge in [-0.2, -0.15) is 0 Å². The molecule has 11 rings (SSSR count). The minimum Gasteiger partial charge on any atom is -0.455 e. The molecule has 9 aromatic carbocycles. The molecule has 1 aliphatic rings. The van der Waals surface area contributed by atoms with Crippen molar-refractivity contribution in [3.05, 3.63) is 200 Å². The molecule has 0 atom stereocenters. The van der Waals surface area contributed by atoms with Crippen molar-refractivity contribution in [1.82, 2.24) is 0 Å². The number of thiophene rings is 1. The van der Waals surface area contributed by atoms with E-state index in [-0.39, 0.29) is 0 Å². The van der Waals surface area contributed by atoms with Crippen LogP contribution in [0.3, 0.4) is 0 Å². The van der Waals surface area contributed by atoms with Crippen LogP contribution >= 0.6 is 11.3 Å². The Balaban J connectivity index is 1.10. The highest BCUT2D eigenvalue weighted by Crippen LogP contribution is 2.54. The predicted molar refractivity (Wildman–Crippen MR) is 233 cm³/mol. The van der Waals surface area contributed by atoms with Crippen molar-refractivity contribution < 1.29 is 4.74 Å². The van der Waals surface area contributed by atoms with Gasteiger partial charge in [0.1, 0.15) is 11.5 Å². The standard InChI is InChI=1S/C52H33NOS/c1-2-12-34(13-3-1)35-24-29-38(30-25-35)53(39-31-26-37(27-32-39)41-19-10-20-46-43-17-8-9-23-49(43)55-52(41)46)47-21-11-22-48-50(47)44-18-7-6-16-42(44)45-33-28-36-14-4-5-15-40(36)51(45)54-48/h1-33H. The molecule has 258 valence electrons. The molecule has 0 N–H and O–H groups in total. The Morgan fingerprint density at radius 1 is 0.382 bits per heavy atom. The summed E-state index contributed by atoms with van der Waals surface area (Å²) in [6.07, 6.45) is 0. The molecular formula is C52H33NOS. The number of rotatable bonds is 5. The molecule has 0 radical (unpaired) electrons. The number of anilines is 3. The molecule has 55 heavy (non-hydrogen) atoms. The van der Waals surface area contributed by atoms with E-state index in [1.807, 2.05) is 11.3 Å². The molecule has 10 aromatic rings. The van der Waals surface area contributed by atoms with Crippen LogP contribution in [0.5, 0.6) is 11.5 Å². The van der Waals surface area contributed by atoms with E-state index in [0.717, 1.165) is 61.6 Å². The van der Waals surface area contributed by atoms with Gasteiger partial charge < -0.3 is 9.64 Å². The van der Waals surface area contributed by atoms with Crippen LogP contribution < -0.4 is 9.64 Å². The first-order valence-corrected chi connectivity index (χ1v) is 19.5. The van der Waals surface area contributed by atoms with Gasteiger partial charge in [0.2, 0.25) is 0 Å². The molecule has 0 saturated heterocycles. The highest BCUT2D eigenvalue weighted by molar-refractivity contribution is 7.26. The van der Waals surface area contributed by atoms with E-state index < -0.39 is 0 Å². The van der Waals surface area contributed by atoms with Gasteiger partial charge in [0.25, 0.3) is 0 Å². The summed E-state index contributed by atoms with van der Waals surface area (Å²) in [6, 6.07) is 72.0. The minimum atomic E-state index is 0.832. The third kappa shape index (κ3) is 5.24. The third-order valence-electron chi connectivity index (χ3n) is 10.9. The third-order valence-corrected chi connectivity index (χ3v) is 12.1. The summed E-state index contributed by atoms with van der Waals surface area (Å²) in [4.78, 5) is 2.38. The Hall–Kier alpha value is -6.94. The second kappa shape index (κ2) is 12.9. The summed E-state index contributed by atoms with van der Waals surface area (Å²) < 4.78 is 9.69. The van der Waals surface area contributed by atoms with E-state index in [1.54, 1.807) is 0 Å². The van der Waals surface area contributed by atoms with Crippen LogP contribution in [0.1, 0.15) is 0 Å². The number of ether oxygens (including phenoxy) is 1. The second-order valence-electron chi connectivity index (χ2n) is 14.0. The van der Waals surface area contributed by atoms with Gasteiger partial charge in [-0.3, -0.25) is 0 Å². The van der Waals surface area contributed by atoms with Gasteiger partial charge in [-0.05, 0) is 87.3 Å². The lowest BCUT2D eigenvalue weighted by Gasteiger charge is -2.29. The Labute approximate surface area is 323 Å². The molecule has 1 aromatic heterocycles. The fraction of sp³-hybridized carbons (Fsp3) is 0. The molecule has 1 aliphatic heterocycles. The number of hydrogen-bond acceptors (Lipinski definition) is 3. The zero-order chi connectivity index (χ0) is 36.3. The van der Waals surface area contributed by atoms with Crippen molar-refractivity contribution in [2.75, 3.05) is 4.90 Å². The normalized spacial score (nSPS) is 11.8. The maximum absolute atomic E-state index is 7.05. The van der Waals surface area contributed by atoms with E-state index >= 15 is 0 Å². The lowest BCUT2D eigenvalue weighted by molar-refractivity contribution is 0.493. The van der Waals surface area contributed by atoms with E-state index in [0.29, 0.717) is 0 Å². The van der Waals surface area contributed by atoms with Crippen LogP contribution in [0.2, 0.25) is 0 Å². The van der Waals surface area contributed by atoms with Crippen molar-refractivity contribution in [3.63, 3.8) is 0 Å². The summed E-state index contributed by atoms with van der Waals surface area (Å²) in [5.41, 5.74) is 12.5. The largest absolute Gasteiger partial charge is 0.455 e. The van der Waals surface area contributed by atoms with Crippen molar-refractivity contribution >= 4 is 59.3 Å². The van der Waals surface area contributed by atoms with Gasteiger partial charge in [0.15, 0.2) is 0 Å². The highest BCUT2D eigenvalue weighted by atomic mass is 32.1. The van der Waals surface area contributed by atoms with E-state index in [1.165, 1.54) is 42.4 Å². The van der Waals surface area contributed by atoms with E-state index in [9.17, 15) is 0 Å². The zero-order valence-corrected chi connectivity index (χ0v) is 30.6. The smallest absolute Gasteiger partial charge is 0.143 e. The van der Waals surface area contributed by atoms with Crippen molar-refractivity contribution in [2.24, 2.45) is 0 Å². The summed E-state index contributed by atoms with van der Waals surface area (Å²) in [5.74, 6) is 1.72. The predicted octanol–water partition coefficient (Wildman–Crippen LogP) is 15.5. The van der Waals surface area contributed by atoms with Gasteiger partial charge in [0.05, 0.1) is 5.69 Å². The molecule has 0 aliphatic carbocycles. The maximum Gasteiger partial charge on any atom is 0.143 e. The monoisotopic (exact) mass is 719 g/mol. The summed E-state index contributed by atoms with van der Waals surface area (Å²) in [5, 5.41) is 4.88. The first-order chi connectivity index (χ1) is 27.3. The van der Waals surface area contributed by atoms with Crippen LogP contribution in [-0.4, -0.2) is 0 Å². The summed E-state index contributed by atoms with van der Waals surface area (Å²) in [7, 11) is 0. The van der Waals surface area contributed by atoms with Crippen molar-refractivity contribution in [2.45, 2.75) is 0 Å².